The Labute approximate surface area is 127 Å². The van der Waals surface area contributed by atoms with Crippen molar-refractivity contribution in [2.75, 3.05) is 26.4 Å². The van der Waals surface area contributed by atoms with Gasteiger partial charge in [0.15, 0.2) is 0 Å². The van der Waals surface area contributed by atoms with Crippen molar-refractivity contribution >= 4 is 5.97 Å². The Hall–Kier alpha value is -1.75. The van der Waals surface area contributed by atoms with Crippen LogP contribution in [-0.2, 0) is 25.5 Å². The molecule has 1 aromatic carbocycles. The molecule has 0 aliphatic heterocycles. The van der Waals surface area contributed by atoms with Crippen molar-refractivity contribution in [1.29, 1.82) is 0 Å². The van der Waals surface area contributed by atoms with Gasteiger partial charge in [-0.1, -0.05) is 12.1 Å². The third-order valence-corrected chi connectivity index (χ3v) is 2.60. The van der Waals surface area contributed by atoms with Crippen LogP contribution in [0.5, 0.6) is 5.75 Å². The molecule has 0 amide bonds. The van der Waals surface area contributed by atoms with E-state index in [0.717, 1.165) is 5.56 Å². The van der Waals surface area contributed by atoms with Crippen molar-refractivity contribution < 1.29 is 34.6 Å². The lowest BCUT2D eigenvalue weighted by molar-refractivity contribution is -0.493. The first-order valence-electron chi connectivity index (χ1n) is 6.57. The standard InChI is InChI=1S/C13H20N2O7/c14-12(9-10-1-3-11(16)4-2-10)13(17)21-7-5-20-6-8-22-15(18)19/h1-4,12,16,18-19H,5-9,14H2. The fraction of sp³-hybridized carbons (Fsp3) is 0.462. The smallest absolute Gasteiger partial charge is 0.323 e. The van der Waals surface area contributed by atoms with Crippen molar-refractivity contribution in [3.8, 4) is 5.75 Å². The molecule has 5 N–H and O–H groups in total. The molecule has 0 heterocycles. The number of benzene rings is 1. The summed E-state index contributed by atoms with van der Waals surface area (Å²) in [6, 6.07) is 5.59. The van der Waals surface area contributed by atoms with E-state index in [0.29, 0.717) is 6.42 Å². The van der Waals surface area contributed by atoms with Gasteiger partial charge in [0, 0.05) is 0 Å². The number of hydrogen-bond donors (Lipinski definition) is 4. The third kappa shape index (κ3) is 7.88. The number of hydrogen-bond acceptors (Lipinski definition) is 9. The van der Waals surface area contributed by atoms with Crippen molar-refractivity contribution in [2.45, 2.75) is 12.5 Å². The molecule has 0 saturated carbocycles. The van der Waals surface area contributed by atoms with E-state index in [9.17, 15) is 4.79 Å². The lowest BCUT2D eigenvalue weighted by Gasteiger charge is -2.12. The highest BCUT2D eigenvalue weighted by molar-refractivity contribution is 5.75. The van der Waals surface area contributed by atoms with Crippen LogP contribution in [0.2, 0.25) is 0 Å². The lowest BCUT2D eigenvalue weighted by atomic mass is 10.1. The molecular formula is C13H20N2O7. The monoisotopic (exact) mass is 316 g/mol. The van der Waals surface area contributed by atoms with E-state index < -0.39 is 17.4 Å². The van der Waals surface area contributed by atoms with E-state index in [1.807, 2.05) is 0 Å². The van der Waals surface area contributed by atoms with Gasteiger partial charge in [0.2, 0.25) is 0 Å². The summed E-state index contributed by atoms with van der Waals surface area (Å²) in [7, 11) is 0. The summed E-state index contributed by atoms with van der Waals surface area (Å²) >= 11 is 0. The number of esters is 1. The largest absolute Gasteiger partial charge is 0.508 e. The van der Waals surface area contributed by atoms with Gasteiger partial charge in [0.1, 0.15) is 18.4 Å². The summed E-state index contributed by atoms with van der Waals surface area (Å²) in [6.45, 7) is 0.220. The van der Waals surface area contributed by atoms with E-state index in [1.165, 1.54) is 12.1 Å². The average molecular weight is 316 g/mol. The molecule has 1 aromatic rings. The number of ether oxygens (including phenoxy) is 2. The first-order valence-corrected chi connectivity index (χ1v) is 6.57. The van der Waals surface area contributed by atoms with E-state index >= 15 is 0 Å². The number of phenols is 1. The number of phenolic OH excluding ortho intramolecular Hbond substituents is 1. The van der Waals surface area contributed by atoms with Crippen LogP contribution in [0.25, 0.3) is 0 Å². The zero-order valence-corrected chi connectivity index (χ0v) is 11.9. The Morgan fingerprint density at radius 2 is 1.77 bits per heavy atom. The van der Waals surface area contributed by atoms with E-state index in [-0.39, 0.29) is 32.2 Å². The van der Waals surface area contributed by atoms with Gasteiger partial charge in [-0.2, -0.15) is 0 Å². The molecule has 0 aliphatic carbocycles. The maximum absolute atomic E-state index is 11.6. The number of carbonyl (C=O) groups excluding carboxylic acids is 1. The zero-order chi connectivity index (χ0) is 16.4. The quantitative estimate of drug-likeness (QED) is 0.263. The van der Waals surface area contributed by atoms with Gasteiger partial charge in [-0.05, 0) is 24.1 Å². The van der Waals surface area contributed by atoms with Gasteiger partial charge in [0.25, 0.3) is 0 Å². The van der Waals surface area contributed by atoms with Crippen LogP contribution < -0.4 is 5.73 Å². The summed E-state index contributed by atoms with van der Waals surface area (Å²) in [6.07, 6.45) is 0.302. The van der Waals surface area contributed by atoms with Crippen molar-refractivity contribution in [1.82, 2.24) is 5.39 Å². The van der Waals surface area contributed by atoms with Crippen LogP contribution in [0.3, 0.4) is 0 Å². The predicted molar refractivity (Wildman–Crippen MR) is 72.9 cm³/mol. The fourth-order valence-corrected chi connectivity index (χ4v) is 1.56. The van der Waals surface area contributed by atoms with Gasteiger partial charge in [-0.15, -0.1) is 0 Å². The summed E-state index contributed by atoms with van der Waals surface area (Å²) < 4.78 is 9.97. The number of aromatic hydroxyl groups is 1. The summed E-state index contributed by atoms with van der Waals surface area (Å²) in [5, 5.41) is 25.2. The van der Waals surface area contributed by atoms with Gasteiger partial charge < -0.3 is 20.3 Å². The van der Waals surface area contributed by atoms with Crippen LogP contribution in [-0.4, -0.2) is 59.3 Å². The van der Waals surface area contributed by atoms with Crippen LogP contribution in [0, 0.1) is 0 Å². The maximum atomic E-state index is 11.6. The zero-order valence-electron chi connectivity index (χ0n) is 11.9. The van der Waals surface area contributed by atoms with Gasteiger partial charge in [0.05, 0.1) is 25.2 Å². The Balaban J connectivity index is 2.12. The van der Waals surface area contributed by atoms with Crippen LogP contribution in [0.1, 0.15) is 5.56 Å². The highest BCUT2D eigenvalue weighted by atomic mass is 17.1. The van der Waals surface area contributed by atoms with Gasteiger partial charge in [-0.3, -0.25) is 15.2 Å². The first-order chi connectivity index (χ1) is 10.5. The Morgan fingerprint density at radius 3 is 2.41 bits per heavy atom. The Kier molecular flexibility index (Phi) is 8.36. The van der Waals surface area contributed by atoms with Crippen molar-refractivity contribution in [2.24, 2.45) is 5.73 Å². The van der Waals surface area contributed by atoms with E-state index in [4.69, 9.17) is 30.7 Å². The molecule has 1 atom stereocenters. The maximum Gasteiger partial charge on any atom is 0.323 e. The van der Waals surface area contributed by atoms with Crippen molar-refractivity contribution in [3.05, 3.63) is 29.8 Å². The normalized spacial score (nSPS) is 12.4. The summed E-state index contributed by atoms with van der Waals surface area (Å²) in [5.41, 5.74) is 6.54. The van der Waals surface area contributed by atoms with E-state index in [2.05, 4.69) is 4.84 Å². The topological polar surface area (TPSA) is 135 Å². The lowest BCUT2D eigenvalue weighted by Crippen LogP contribution is -2.35. The van der Waals surface area contributed by atoms with Crippen LogP contribution >= 0.6 is 0 Å². The minimum absolute atomic E-state index is 0.0318. The second-order valence-corrected chi connectivity index (χ2v) is 4.34. The second-order valence-electron chi connectivity index (χ2n) is 4.34. The summed E-state index contributed by atoms with van der Waals surface area (Å²) in [5.74, 6) is -0.406. The van der Waals surface area contributed by atoms with Crippen LogP contribution in [0.15, 0.2) is 24.3 Å². The molecule has 0 radical (unpaired) electrons. The third-order valence-electron chi connectivity index (χ3n) is 2.60. The minimum atomic E-state index is -0.801. The molecule has 124 valence electrons. The number of nitrogens with two attached hydrogens (primary N) is 1. The molecule has 0 fully saturated rings. The molecule has 1 rings (SSSR count). The number of carbonyl (C=O) groups is 1. The highest BCUT2D eigenvalue weighted by Gasteiger charge is 2.15. The van der Waals surface area contributed by atoms with Crippen molar-refractivity contribution in [3.63, 3.8) is 0 Å². The second kappa shape index (κ2) is 10.1. The average Bonchev–Trinajstić information content (AvgIpc) is 2.48. The van der Waals surface area contributed by atoms with Gasteiger partial charge >= 0.3 is 5.97 Å². The Bertz CT molecular complexity index is 439. The minimum Gasteiger partial charge on any atom is -0.508 e. The van der Waals surface area contributed by atoms with E-state index in [1.54, 1.807) is 12.1 Å². The van der Waals surface area contributed by atoms with Gasteiger partial charge in [-0.25, -0.2) is 4.84 Å². The SMILES string of the molecule is NC(Cc1ccc(O)cc1)C(=O)OCCOCCON(O)O. The molecule has 9 nitrogen and oxygen atoms in total. The summed E-state index contributed by atoms with van der Waals surface area (Å²) in [4.78, 5) is 15.9. The molecule has 0 bridgehead atoms. The molecule has 0 aromatic heterocycles. The Morgan fingerprint density at radius 1 is 1.14 bits per heavy atom. The molecule has 1 unspecified atom stereocenters. The molecular weight excluding hydrogens is 296 g/mol. The molecule has 0 spiro atoms. The predicted octanol–water partition coefficient (Wildman–Crippen LogP) is -0.166. The molecule has 0 aliphatic rings. The number of nitrogens with zero attached hydrogens (tertiary/aromatic N) is 1. The fourth-order valence-electron chi connectivity index (χ4n) is 1.56. The molecule has 9 heteroatoms. The van der Waals surface area contributed by atoms with Crippen LogP contribution in [0.4, 0.5) is 0 Å². The first kappa shape index (κ1) is 18.3. The molecule has 0 saturated heterocycles. The molecule has 22 heavy (non-hydrogen) atoms. The highest BCUT2D eigenvalue weighted by Crippen LogP contribution is 2.11. The number of rotatable bonds is 10.